The van der Waals surface area contributed by atoms with Crippen LogP contribution in [0.5, 0.6) is 0 Å². The number of nitrogens with zero attached hydrogens (tertiary/aromatic N) is 2. The van der Waals surface area contributed by atoms with Crippen LogP contribution < -0.4 is 0 Å². The summed E-state index contributed by atoms with van der Waals surface area (Å²) in [5.41, 5.74) is 2.01. The number of para-hydroxylation sites is 1. The monoisotopic (exact) mass is 382 g/mol. The Morgan fingerprint density at radius 2 is 1.96 bits per heavy atom. The molecule has 0 radical (unpaired) electrons. The summed E-state index contributed by atoms with van der Waals surface area (Å²) in [5.74, 6) is 0.0164. The average molecular weight is 382 g/mol. The van der Waals surface area contributed by atoms with Gasteiger partial charge in [0.05, 0.1) is 5.52 Å². The van der Waals surface area contributed by atoms with Crippen LogP contribution in [0.1, 0.15) is 49.9 Å². The summed E-state index contributed by atoms with van der Waals surface area (Å²) in [6.07, 6.45) is 5.55. The molecule has 1 aromatic carbocycles. The molecule has 6 nitrogen and oxygen atoms in total. The molecule has 6 heteroatoms. The molecule has 1 aliphatic carbocycles. The lowest BCUT2D eigenvalue weighted by Crippen LogP contribution is -2.53. The molecule has 0 unspecified atom stereocenters. The second kappa shape index (κ2) is 7.41. The molecule has 2 aromatic rings. The molecule has 2 fully saturated rings. The zero-order valence-corrected chi connectivity index (χ0v) is 16.4. The van der Waals surface area contributed by atoms with Gasteiger partial charge in [0.1, 0.15) is 6.10 Å². The number of carbonyl (C=O) groups excluding carboxylic acids is 3. The summed E-state index contributed by atoms with van der Waals surface area (Å²) in [7, 11) is 0. The molecule has 0 spiro atoms. The number of fused-ring (bicyclic) bond motifs is 3. The maximum Gasteiger partial charge on any atom is 0.302 e. The molecule has 1 aromatic heterocycles. The molecule has 2 bridgehead atoms. The number of amides is 1. The first-order valence-corrected chi connectivity index (χ1v) is 10.0. The predicted molar refractivity (Wildman–Crippen MR) is 105 cm³/mol. The lowest BCUT2D eigenvalue weighted by molar-refractivity contribution is -0.160. The van der Waals surface area contributed by atoms with Crippen molar-refractivity contribution in [1.82, 2.24) is 9.47 Å². The van der Waals surface area contributed by atoms with Gasteiger partial charge in [-0.1, -0.05) is 18.2 Å². The van der Waals surface area contributed by atoms with Crippen LogP contribution in [0.4, 0.5) is 0 Å². The Morgan fingerprint density at radius 3 is 2.71 bits per heavy atom. The molecule has 0 N–H and O–H groups in total. The van der Waals surface area contributed by atoms with Crippen LogP contribution in [0.15, 0.2) is 30.5 Å². The van der Waals surface area contributed by atoms with E-state index >= 15 is 0 Å². The van der Waals surface area contributed by atoms with Crippen molar-refractivity contribution in [2.45, 2.75) is 58.1 Å². The largest absolute Gasteiger partial charge is 0.462 e. The lowest BCUT2D eigenvalue weighted by Gasteiger charge is -2.45. The highest BCUT2D eigenvalue weighted by molar-refractivity contribution is 5.93. The summed E-state index contributed by atoms with van der Waals surface area (Å²) in [4.78, 5) is 38.0. The van der Waals surface area contributed by atoms with Crippen LogP contribution in [0.2, 0.25) is 0 Å². The van der Waals surface area contributed by atoms with Crippen LogP contribution in [0, 0.1) is 5.92 Å². The van der Waals surface area contributed by atoms with E-state index in [2.05, 4.69) is 0 Å². The van der Waals surface area contributed by atoms with Crippen molar-refractivity contribution in [3.63, 3.8) is 0 Å². The molecule has 2 aliphatic rings. The fourth-order valence-electron chi connectivity index (χ4n) is 4.88. The Balaban J connectivity index is 1.48. The first-order chi connectivity index (χ1) is 13.4. The molecule has 1 amide bonds. The Morgan fingerprint density at radius 1 is 1.18 bits per heavy atom. The highest BCUT2D eigenvalue weighted by Gasteiger charge is 2.42. The topological polar surface area (TPSA) is 68.6 Å². The number of aromatic nitrogens is 1. The van der Waals surface area contributed by atoms with Gasteiger partial charge in [0.2, 0.25) is 11.8 Å². The molecule has 3 atom stereocenters. The number of piperidine rings is 1. The second-order valence-electron chi connectivity index (χ2n) is 7.98. The van der Waals surface area contributed by atoms with Crippen molar-refractivity contribution in [3.8, 4) is 0 Å². The second-order valence-corrected chi connectivity index (χ2v) is 7.98. The van der Waals surface area contributed by atoms with E-state index in [-0.39, 0.29) is 35.8 Å². The van der Waals surface area contributed by atoms with Crippen LogP contribution >= 0.6 is 0 Å². The molecule has 1 saturated carbocycles. The van der Waals surface area contributed by atoms with Gasteiger partial charge in [-0.05, 0) is 37.3 Å². The van der Waals surface area contributed by atoms with Crippen molar-refractivity contribution in [2.24, 2.45) is 5.92 Å². The van der Waals surface area contributed by atoms with Gasteiger partial charge in [-0.15, -0.1) is 0 Å². The standard InChI is InChI=1S/C22H26N2O4/c1-14(25)24-13-16(19-5-3-4-6-20(19)24)9-10-23-18-7-8-21(28-15(2)26)17(11-18)12-22(23)27/h3-6,13,17-18,21H,7-12H2,1-2H3/t17-,18+,21-/m0/s1. The average Bonchev–Trinajstić information content (AvgIpc) is 3.02. The fraction of sp³-hybridized carbons (Fsp3) is 0.500. The van der Waals surface area contributed by atoms with E-state index in [0.717, 1.165) is 42.1 Å². The molecule has 1 saturated heterocycles. The minimum absolute atomic E-state index is 0.0110. The van der Waals surface area contributed by atoms with Gasteiger partial charge in [-0.3, -0.25) is 19.0 Å². The number of esters is 1. The number of benzene rings is 1. The number of ether oxygens (including phenoxy) is 1. The van der Waals surface area contributed by atoms with E-state index in [0.29, 0.717) is 13.0 Å². The number of carbonyl (C=O) groups is 3. The molecule has 148 valence electrons. The Hall–Kier alpha value is -2.63. The minimum Gasteiger partial charge on any atom is -0.462 e. The Bertz CT molecular complexity index is 932. The third kappa shape index (κ3) is 3.43. The molecule has 1 aliphatic heterocycles. The third-order valence-corrected chi connectivity index (χ3v) is 6.16. The number of rotatable bonds is 4. The first kappa shape index (κ1) is 18.7. The van der Waals surface area contributed by atoms with Gasteiger partial charge in [-0.2, -0.15) is 0 Å². The SMILES string of the molecule is CC(=O)O[C@H]1CC[C@@H]2C[C@H]1CC(=O)N2CCc1cn(C(C)=O)c2ccccc12. The summed E-state index contributed by atoms with van der Waals surface area (Å²) in [5, 5.41) is 1.07. The molecular weight excluding hydrogens is 356 g/mol. The zero-order chi connectivity index (χ0) is 19.8. The van der Waals surface area contributed by atoms with Crippen molar-refractivity contribution in [2.75, 3.05) is 6.54 Å². The predicted octanol–water partition coefficient (Wildman–Crippen LogP) is 3.18. The molecule has 28 heavy (non-hydrogen) atoms. The van der Waals surface area contributed by atoms with E-state index in [9.17, 15) is 14.4 Å². The normalized spacial score (nSPS) is 24.4. The van der Waals surface area contributed by atoms with Gasteiger partial charge in [-0.25, -0.2) is 0 Å². The highest BCUT2D eigenvalue weighted by Crippen LogP contribution is 2.37. The Kier molecular flexibility index (Phi) is 4.96. The third-order valence-electron chi connectivity index (χ3n) is 6.16. The molecule has 4 rings (SSSR count). The summed E-state index contributed by atoms with van der Waals surface area (Å²) < 4.78 is 7.10. The zero-order valence-electron chi connectivity index (χ0n) is 16.4. The van der Waals surface area contributed by atoms with Crippen molar-refractivity contribution in [3.05, 3.63) is 36.0 Å². The van der Waals surface area contributed by atoms with Gasteiger partial charge in [0.25, 0.3) is 0 Å². The van der Waals surface area contributed by atoms with Crippen molar-refractivity contribution >= 4 is 28.7 Å². The molecular formula is C22H26N2O4. The van der Waals surface area contributed by atoms with E-state index in [4.69, 9.17) is 4.74 Å². The van der Waals surface area contributed by atoms with Gasteiger partial charge < -0.3 is 9.64 Å². The van der Waals surface area contributed by atoms with E-state index in [1.54, 1.807) is 11.5 Å². The number of hydrogen-bond donors (Lipinski definition) is 0. The smallest absolute Gasteiger partial charge is 0.302 e. The maximum absolute atomic E-state index is 12.8. The van der Waals surface area contributed by atoms with Crippen molar-refractivity contribution < 1.29 is 19.1 Å². The van der Waals surface area contributed by atoms with Crippen LogP contribution in [-0.4, -0.2) is 45.9 Å². The Labute approximate surface area is 164 Å². The van der Waals surface area contributed by atoms with Crippen LogP contribution in [0.25, 0.3) is 10.9 Å². The van der Waals surface area contributed by atoms with Crippen LogP contribution in [-0.2, 0) is 20.7 Å². The summed E-state index contributed by atoms with van der Waals surface area (Å²) >= 11 is 0. The minimum atomic E-state index is -0.264. The first-order valence-electron chi connectivity index (χ1n) is 10.0. The van der Waals surface area contributed by atoms with E-state index < -0.39 is 0 Å². The number of likely N-dealkylation sites (tertiary alicyclic amines) is 1. The molecule has 2 heterocycles. The quantitative estimate of drug-likeness (QED) is 0.762. The van der Waals surface area contributed by atoms with E-state index in [1.807, 2.05) is 35.4 Å². The summed E-state index contributed by atoms with van der Waals surface area (Å²) in [6, 6.07) is 8.11. The fourth-order valence-corrected chi connectivity index (χ4v) is 4.88. The van der Waals surface area contributed by atoms with E-state index in [1.165, 1.54) is 6.92 Å². The van der Waals surface area contributed by atoms with Crippen molar-refractivity contribution in [1.29, 1.82) is 0 Å². The van der Waals surface area contributed by atoms with Gasteiger partial charge >= 0.3 is 5.97 Å². The lowest BCUT2D eigenvalue weighted by atomic mass is 9.77. The highest BCUT2D eigenvalue weighted by atomic mass is 16.5. The summed E-state index contributed by atoms with van der Waals surface area (Å²) in [6.45, 7) is 3.65. The maximum atomic E-state index is 12.8. The van der Waals surface area contributed by atoms with Gasteiger partial charge in [0.15, 0.2) is 0 Å². The van der Waals surface area contributed by atoms with Gasteiger partial charge in [0, 0.05) is 50.4 Å². The number of hydrogen-bond acceptors (Lipinski definition) is 4. The van der Waals surface area contributed by atoms with Crippen LogP contribution in [0.3, 0.4) is 0 Å².